The molecule has 0 aliphatic carbocycles. The number of benzene rings is 1. The van der Waals surface area contributed by atoms with Crippen LogP contribution in [0.1, 0.15) is 5.56 Å². The van der Waals surface area contributed by atoms with Crippen LogP contribution in [0.2, 0.25) is 0 Å². The molecule has 0 N–H and O–H groups in total. The molecule has 15 heavy (non-hydrogen) atoms. The van der Waals surface area contributed by atoms with Gasteiger partial charge in [-0.15, -0.1) is 11.8 Å². The molecule has 0 aromatic heterocycles. The van der Waals surface area contributed by atoms with Crippen LogP contribution in [0.4, 0.5) is 0 Å². The number of hydrogen-bond donors (Lipinski definition) is 0. The quantitative estimate of drug-likeness (QED) is 0.796. The zero-order chi connectivity index (χ0) is 11.3. The molecule has 0 saturated carbocycles. The highest BCUT2D eigenvalue weighted by molar-refractivity contribution is 9.10. The molecule has 0 saturated heterocycles. The van der Waals surface area contributed by atoms with Gasteiger partial charge in [-0.3, -0.25) is 0 Å². The van der Waals surface area contributed by atoms with Crippen LogP contribution in [-0.4, -0.2) is 31.3 Å². The molecule has 0 amide bonds. The molecule has 0 aliphatic heterocycles. The summed E-state index contributed by atoms with van der Waals surface area (Å²) in [5.41, 5.74) is 0.687. The number of nitrogens with zero attached hydrogens (tertiary/aromatic N) is 2. The fourth-order valence-corrected chi connectivity index (χ4v) is 2.70. The molecule has 1 aromatic carbocycles. The van der Waals surface area contributed by atoms with E-state index in [2.05, 4.69) is 41.0 Å². The van der Waals surface area contributed by atoms with E-state index in [1.807, 2.05) is 18.2 Å². The lowest BCUT2D eigenvalue weighted by Gasteiger charge is -2.08. The van der Waals surface area contributed by atoms with Crippen molar-refractivity contribution in [1.82, 2.24) is 4.90 Å². The monoisotopic (exact) mass is 284 g/mol. The number of rotatable bonds is 4. The predicted molar refractivity (Wildman–Crippen MR) is 68.1 cm³/mol. The average Bonchev–Trinajstić information content (AvgIpc) is 2.17. The van der Waals surface area contributed by atoms with Gasteiger partial charge in [0, 0.05) is 21.7 Å². The van der Waals surface area contributed by atoms with Crippen LogP contribution in [0.25, 0.3) is 0 Å². The van der Waals surface area contributed by atoms with E-state index >= 15 is 0 Å². The van der Waals surface area contributed by atoms with Crippen LogP contribution in [-0.2, 0) is 0 Å². The Morgan fingerprint density at radius 3 is 2.73 bits per heavy atom. The zero-order valence-corrected chi connectivity index (χ0v) is 11.2. The largest absolute Gasteiger partial charge is 0.309 e. The van der Waals surface area contributed by atoms with E-state index in [-0.39, 0.29) is 0 Å². The van der Waals surface area contributed by atoms with Crippen molar-refractivity contribution in [3.05, 3.63) is 28.2 Å². The molecule has 80 valence electrons. The van der Waals surface area contributed by atoms with Crippen LogP contribution in [0, 0.1) is 11.3 Å². The fourth-order valence-electron chi connectivity index (χ4n) is 1.02. The predicted octanol–water partition coefficient (Wildman–Crippen LogP) is 2.97. The SMILES string of the molecule is CN(C)CCSc1ccc(C#N)c(Br)c1. The topological polar surface area (TPSA) is 27.0 Å². The molecular weight excluding hydrogens is 272 g/mol. The summed E-state index contributed by atoms with van der Waals surface area (Å²) in [5, 5.41) is 8.76. The number of thioether (sulfide) groups is 1. The summed E-state index contributed by atoms with van der Waals surface area (Å²) >= 11 is 5.18. The summed E-state index contributed by atoms with van der Waals surface area (Å²) in [6.07, 6.45) is 0. The maximum Gasteiger partial charge on any atom is 0.100 e. The van der Waals surface area contributed by atoms with E-state index in [1.165, 1.54) is 4.90 Å². The lowest BCUT2D eigenvalue weighted by Crippen LogP contribution is -2.14. The number of hydrogen-bond acceptors (Lipinski definition) is 3. The highest BCUT2D eigenvalue weighted by Crippen LogP contribution is 2.24. The number of nitriles is 1. The molecule has 1 rings (SSSR count). The van der Waals surface area contributed by atoms with Crippen molar-refractivity contribution in [3.8, 4) is 6.07 Å². The van der Waals surface area contributed by atoms with Crippen molar-refractivity contribution >= 4 is 27.7 Å². The van der Waals surface area contributed by atoms with Gasteiger partial charge >= 0.3 is 0 Å². The zero-order valence-electron chi connectivity index (χ0n) is 8.83. The maximum absolute atomic E-state index is 8.76. The first kappa shape index (κ1) is 12.6. The third kappa shape index (κ3) is 4.25. The van der Waals surface area contributed by atoms with Gasteiger partial charge in [-0.2, -0.15) is 5.26 Å². The Kier molecular flexibility index (Phi) is 5.16. The van der Waals surface area contributed by atoms with E-state index in [0.29, 0.717) is 5.56 Å². The van der Waals surface area contributed by atoms with Gasteiger partial charge in [0.1, 0.15) is 6.07 Å². The van der Waals surface area contributed by atoms with Gasteiger partial charge in [0.05, 0.1) is 5.56 Å². The minimum Gasteiger partial charge on any atom is -0.309 e. The van der Waals surface area contributed by atoms with E-state index in [9.17, 15) is 0 Å². The molecule has 0 spiro atoms. The van der Waals surface area contributed by atoms with E-state index < -0.39 is 0 Å². The summed E-state index contributed by atoms with van der Waals surface area (Å²) in [4.78, 5) is 3.36. The summed E-state index contributed by atoms with van der Waals surface area (Å²) in [7, 11) is 4.13. The molecule has 0 fully saturated rings. The lowest BCUT2D eigenvalue weighted by atomic mass is 10.2. The van der Waals surface area contributed by atoms with Crippen molar-refractivity contribution in [1.29, 1.82) is 5.26 Å². The molecule has 0 atom stereocenters. The average molecular weight is 285 g/mol. The van der Waals surface area contributed by atoms with Crippen LogP contribution >= 0.6 is 27.7 Å². The second-order valence-electron chi connectivity index (χ2n) is 3.41. The normalized spacial score (nSPS) is 10.3. The number of halogens is 1. The van der Waals surface area contributed by atoms with Gasteiger partial charge in [0.2, 0.25) is 0 Å². The van der Waals surface area contributed by atoms with E-state index in [4.69, 9.17) is 5.26 Å². The minimum absolute atomic E-state index is 0.687. The Morgan fingerprint density at radius 1 is 1.47 bits per heavy atom. The lowest BCUT2D eigenvalue weighted by molar-refractivity contribution is 0.437. The third-order valence-electron chi connectivity index (χ3n) is 1.87. The highest BCUT2D eigenvalue weighted by atomic mass is 79.9. The first-order chi connectivity index (χ1) is 7.13. The van der Waals surface area contributed by atoms with Gasteiger partial charge < -0.3 is 4.90 Å². The Balaban J connectivity index is 2.57. The van der Waals surface area contributed by atoms with Crippen molar-refractivity contribution in [3.63, 3.8) is 0 Å². The van der Waals surface area contributed by atoms with Crippen LogP contribution in [0.5, 0.6) is 0 Å². The van der Waals surface area contributed by atoms with Crippen molar-refractivity contribution in [2.24, 2.45) is 0 Å². The first-order valence-electron chi connectivity index (χ1n) is 4.60. The maximum atomic E-state index is 8.76. The summed E-state index contributed by atoms with van der Waals surface area (Å²) in [6, 6.07) is 7.97. The summed E-state index contributed by atoms with van der Waals surface area (Å²) in [5.74, 6) is 1.06. The first-order valence-corrected chi connectivity index (χ1v) is 6.38. The minimum atomic E-state index is 0.687. The molecular formula is C11H13BrN2S. The Labute approximate surface area is 103 Å². The van der Waals surface area contributed by atoms with Crippen LogP contribution < -0.4 is 0 Å². The smallest absolute Gasteiger partial charge is 0.100 e. The van der Waals surface area contributed by atoms with Crippen LogP contribution in [0.3, 0.4) is 0 Å². The second kappa shape index (κ2) is 6.16. The molecule has 0 bridgehead atoms. The van der Waals surface area contributed by atoms with Crippen molar-refractivity contribution in [2.75, 3.05) is 26.4 Å². The van der Waals surface area contributed by atoms with Crippen LogP contribution in [0.15, 0.2) is 27.6 Å². The molecule has 0 heterocycles. The molecule has 0 aliphatic rings. The fraction of sp³-hybridized carbons (Fsp3) is 0.364. The van der Waals surface area contributed by atoms with Gasteiger partial charge in [-0.1, -0.05) is 0 Å². The highest BCUT2D eigenvalue weighted by Gasteiger charge is 2.01. The Morgan fingerprint density at radius 2 is 2.20 bits per heavy atom. The van der Waals surface area contributed by atoms with Gasteiger partial charge in [0.25, 0.3) is 0 Å². The molecule has 1 aromatic rings. The second-order valence-corrected chi connectivity index (χ2v) is 5.43. The molecule has 4 heteroatoms. The van der Waals surface area contributed by atoms with Crippen molar-refractivity contribution < 1.29 is 0 Å². The van der Waals surface area contributed by atoms with Crippen molar-refractivity contribution in [2.45, 2.75) is 4.90 Å². The van der Waals surface area contributed by atoms with Gasteiger partial charge in [-0.05, 0) is 48.2 Å². The standard InChI is InChI=1S/C11H13BrN2S/c1-14(2)5-6-15-10-4-3-9(8-13)11(12)7-10/h3-4,7H,5-6H2,1-2H3. The third-order valence-corrected chi connectivity index (χ3v) is 3.50. The molecule has 2 nitrogen and oxygen atoms in total. The Bertz CT molecular complexity index is 371. The van der Waals surface area contributed by atoms with Gasteiger partial charge in [0.15, 0.2) is 0 Å². The summed E-state index contributed by atoms with van der Waals surface area (Å²) < 4.78 is 0.875. The Hall–Kier alpha value is -0.500. The van der Waals surface area contributed by atoms with E-state index in [1.54, 1.807) is 11.8 Å². The van der Waals surface area contributed by atoms with Gasteiger partial charge in [-0.25, -0.2) is 0 Å². The molecule has 0 radical (unpaired) electrons. The molecule has 0 unspecified atom stereocenters. The summed E-state index contributed by atoms with van der Waals surface area (Å²) in [6.45, 7) is 1.06. The van der Waals surface area contributed by atoms with E-state index in [0.717, 1.165) is 16.8 Å².